The lowest BCUT2D eigenvalue weighted by molar-refractivity contribution is 0.0405. The highest BCUT2D eigenvalue weighted by molar-refractivity contribution is 5.39. The summed E-state index contributed by atoms with van der Waals surface area (Å²) in [5.74, 6) is 0.436. The minimum absolute atomic E-state index is 0.436. The molecule has 0 saturated carbocycles. The lowest BCUT2D eigenvalue weighted by atomic mass is 10.1. The Labute approximate surface area is 103 Å². The van der Waals surface area contributed by atoms with Gasteiger partial charge in [-0.05, 0) is 32.4 Å². The smallest absolute Gasteiger partial charge is 0.122 e. The Morgan fingerprint density at radius 3 is 2.76 bits per heavy atom. The molecule has 1 aromatic rings. The normalized spacial score (nSPS) is 17.6. The Balaban J connectivity index is 2.01. The lowest BCUT2D eigenvalue weighted by Crippen LogP contribution is -2.36. The van der Waals surface area contributed by atoms with E-state index in [1.807, 2.05) is 25.1 Å². The number of aromatic hydroxyl groups is 1. The summed E-state index contributed by atoms with van der Waals surface area (Å²) in [7, 11) is 2.12. The van der Waals surface area contributed by atoms with E-state index in [2.05, 4.69) is 11.9 Å². The molecule has 1 fully saturated rings. The van der Waals surface area contributed by atoms with Crippen LogP contribution in [-0.2, 0) is 11.3 Å². The van der Waals surface area contributed by atoms with Gasteiger partial charge in [-0.25, -0.2) is 0 Å². The topological polar surface area (TPSA) is 32.7 Å². The van der Waals surface area contributed by atoms with Crippen molar-refractivity contribution < 1.29 is 9.84 Å². The molecule has 1 aromatic carbocycles. The van der Waals surface area contributed by atoms with Gasteiger partial charge in [-0.1, -0.05) is 18.2 Å². The standard InChI is InChI=1S/C14H21NO2/c1-11-4-3-5-12(14(11)16)10-15(2)13-6-8-17-9-7-13/h3-5,13,16H,6-10H2,1-2H3. The molecule has 0 atom stereocenters. The zero-order valence-electron chi connectivity index (χ0n) is 10.6. The van der Waals surface area contributed by atoms with Crippen molar-refractivity contribution >= 4 is 0 Å². The molecule has 94 valence electrons. The van der Waals surface area contributed by atoms with Gasteiger partial charge in [-0.3, -0.25) is 4.90 Å². The molecule has 0 amide bonds. The van der Waals surface area contributed by atoms with Gasteiger partial charge < -0.3 is 9.84 Å². The molecule has 0 unspecified atom stereocenters. The number of hydrogen-bond donors (Lipinski definition) is 1. The van der Waals surface area contributed by atoms with Crippen molar-refractivity contribution in [2.24, 2.45) is 0 Å². The first-order chi connectivity index (χ1) is 8.18. The Morgan fingerprint density at radius 2 is 2.06 bits per heavy atom. The molecule has 1 N–H and O–H groups in total. The number of nitrogens with zero attached hydrogens (tertiary/aromatic N) is 1. The number of phenols is 1. The second-order valence-corrected chi connectivity index (χ2v) is 4.84. The summed E-state index contributed by atoms with van der Waals surface area (Å²) < 4.78 is 5.37. The highest BCUT2D eigenvalue weighted by Crippen LogP contribution is 2.24. The average Bonchev–Trinajstić information content (AvgIpc) is 2.36. The number of phenolic OH excluding ortho intramolecular Hbond substituents is 1. The molecule has 0 aliphatic carbocycles. The van der Waals surface area contributed by atoms with Crippen LogP contribution in [0.5, 0.6) is 5.75 Å². The molecule has 1 aliphatic heterocycles. The molecule has 0 aromatic heterocycles. The van der Waals surface area contributed by atoms with Gasteiger partial charge in [0.2, 0.25) is 0 Å². The minimum Gasteiger partial charge on any atom is -0.507 e. The second-order valence-electron chi connectivity index (χ2n) is 4.84. The fraction of sp³-hybridized carbons (Fsp3) is 0.571. The van der Waals surface area contributed by atoms with E-state index in [1.54, 1.807) is 0 Å². The molecule has 2 rings (SSSR count). The Kier molecular flexibility index (Phi) is 4.02. The summed E-state index contributed by atoms with van der Waals surface area (Å²) in [6, 6.07) is 6.51. The molecule has 1 aliphatic rings. The van der Waals surface area contributed by atoms with E-state index < -0.39 is 0 Å². The molecule has 3 nitrogen and oxygen atoms in total. The molecule has 1 heterocycles. The highest BCUT2D eigenvalue weighted by atomic mass is 16.5. The number of benzene rings is 1. The SMILES string of the molecule is Cc1cccc(CN(C)C2CCOCC2)c1O. The van der Waals surface area contributed by atoms with Crippen LogP contribution in [0.25, 0.3) is 0 Å². The molecule has 0 bridgehead atoms. The zero-order chi connectivity index (χ0) is 12.3. The predicted molar refractivity (Wildman–Crippen MR) is 68.2 cm³/mol. The van der Waals surface area contributed by atoms with E-state index in [-0.39, 0.29) is 0 Å². The minimum atomic E-state index is 0.436. The predicted octanol–water partition coefficient (Wildman–Crippen LogP) is 2.31. The first-order valence-corrected chi connectivity index (χ1v) is 6.24. The number of ether oxygens (including phenoxy) is 1. The van der Waals surface area contributed by atoms with E-state index in [0.29, 0.717) is 11.8 Å². The van der Waals surface area contributed by atoms with Gasteiger partial charge >= 0.3 is 0 Å². The summed E-state index contributed by atoms with van der Waals surface area (Å²) in [6.07, 6.45) is 2.17. The van der Waals surface area contributed by atoms with Gasteiger partial charge in [-0.15, -0.1) is 0 Å². The maximum absolute atomic E-state index is 9.99. The maximum Gasteiger partial charge on any atom is 0.122 e. The van der Waals surface area contributed by atoms with Gasteiger partial charge in [0, 0.05) is 31.4 Å². The summed E-state index contributed by atoms with van der Waals surface area (Å²) in [6.45, 7) is 4.45. The molecule has 17 heavy (non-hydrogen) atoms. The Bertz CT molecular complexity index is 372. The van der Waals surface area contributed by atoms with Crippen LogP contribution < -0.4 is 0 Å². The van der Waals surface area contributed by atoms with Crippen LogP contribution >= 0.6 is 0 Å². The maximum atomic E-state index is 9.99. The summed E-state index contributed by atoms with van der Waals surface area (Å²) in [5, 5.41) is 9.99. The van der Waals surface area contributed by atoms with Gasteiger partial charge in [0.05, 0.1) is 0 Å². The average molecular weight is 235 g/mol. The summed E-state index contributed by atoms with van der Waals surface area (Å²) >= 11 is 0. The molecule has 0 spiro atoms. The van der Waals surface area contributed by atoms with E-state index in [9.17, 15) is 5.11 Å². The van der Waals surface area contributed by atoms with Crippen molar-refractivity contribution in [2.75, 3.05) is 20.3 Å². The van der Waals surface area contributed by atoms with Gasteiger partial charge in [0.25, 0.3) is 0 Å². The number of para-hydroxylation sites is 1. The Hall–Kier alpha value is -1.06. The van der Waals surface area contributed by atoms with Gasteiger partial charge in [0.15, 0.2) is 0 Å². The number of hydrogen-bond acceptors (Lipinski definition) is 3. The lowest BCUT2D eigenvalue weighted by Gasteiger charge is -2.31. The van der Waals surface area contributed by atoms with Crippen molar-refractivity contribution in [3.63, 3.8) is 0 Å². The fourth-order valence-corrected chi connectivity index (χ4v) is 2.37. The third kappa shape index (κ3) is 2.99. The molecule has 3 heteroatoms. The van der Waals surface area contributed by atoms with E-state index in [4.69, 9.17) is 4.74 Å². The molecular weight excluding hydrogens is 214 g/mol. The first kappa shape index (κ1) is 12.4. The monoisotopic (exact) mass is 235 g/mol. The summed E-state index contributed by atoms with van der Waals surface area (Å²) in [5.41, 5.74) is 1.96. The first-order valence-electron chi connectivity index (χ1n) is 6.24. The van der Waals surface area contributed by atoms with Crippen LogP contribution in [0.2, 0.25) is 0 Å². The van der Waals surface area contributed by atoms with Crippen molar-refractivity contribution in [3.8, 4) is 5.75 Å². The van der Waals surface area contributed by atoms with Gasteiger partial charge in [0.1, 0.15) is 5.75 Å². The quantitative estimate of drug-likeness (QED) is 0.872. The third-order valence-electron chi connectivity index (χ3n) is 3.56. The van der Waals surface area contributed by atoms with Crippen LogP contribution in [0, 0.1) is 6.92 Å². The highest BCUT2D eigenvalue weighted by Gasteiger charge is 2.19. The zero-order valence-corrected chi connectivity index (χ0v) is 10.6. The Morgan fingerprint density at radius 1 is 1.35 bits per heavy atom. The third-order valence-corrected chi connectivity index (χ3v) is 3.56. The molecular formula is C14H21NO2. The molecule has 0 radical (unpaired) electrons. The van der Waals surface area contributed by atoms with Crippen molar-refractivity contribution in [3.05, 3.63) is 29.3 Å². The van der Waals surface area contributed by atoms with Crippen molar-refractivity contribution in [1.29, 1.82) is 0 Å². The van der Waals surface area contributed by atoms with Crippen LogP contribution in [-0.4, -0.2) is 36.3 Å². The summed E-state index contributed by atoms with van der Waals surface area (Å²) in [4.78, 5) is 2.32. The van der Waals surface area contributed by atoms with E-state index in [1.165, 1.54) is 0 Å². The van der Waals surface area contributed by atoms with Crippen molar-refractivity contribution in [2.45, 2.75) is 32.4 Å². The van der Waals surface area contributed by atoms with Gasteiger partial charge in [-0.2, -0.15) is 0 Å². The van der Waals surface area contributed by atoms with Crippen LogP contribution in [0.15, 0.2) is 18.2 Å². The number of rotatable bonds is 3. The van der Waals surface area contributed by atoms with E-state index in [0.717, 1.165) is 43.7 Å². The largest absolute Gasteiger partial charge is 0.507 e. The fourth-order valence-electron chi connectivity index (χ4n) is 2.37. The van der Waals surface area contributed by atoms with Crippen molar-refractivity contribution in [1.82, 2.24) is 4.90 Å². The van der Waals surface area contributed by atoms with Crippen LogP contribution in [0.1, 0.15) is 24.0 Å². The number of aryl methyl sites for hydroxylation is 1. The van der Waals surface area contributed by atoms with E-state index >= 15 is 0 Å². The van der Waals surface area contributed by atoms with Crippen LogP contribution in [0.4, 0.5) is 0 Å². The second kappa shape index (κ2) is 5.52. The molecule has 1 saturated heterocycles. The van der Waals surface area contributed by atoms with Crippen LogP contribution in [0.3, 0.4) is 0 Å².